The van der Waals surface area contributed by atoms with E-state index in [4.69, 9.17) is 0 Å². The molecule has 0 atom stereocenters. The molecule has 2 N–H and O–H groups in total. The van der Waals surface area contributed by atoms with Crippen LogP contribution in [0.1, 0.15) is 23.7 Å². The maximum absolute atomic E-state index is 12.2. The van der Waals surface area contributed by atoms with E-state index >= 15 is 0 Å². The first-order valence-electron chi connectivity index (χ1n) is 8.81. The van der Waals surface area contributed by atoms with Crippen molar-refractivity contribution in [2.45, 2.75) is 26.2 Å². The Balaban J connectivity index is 1.28. The van der Waals surface area contributed by atoms with Crippen molar-refractivity contribution >= 4 is 33.1 Å². The Morgan fingerprint density at radius 2 is 1.93 bits per heavy atom. The van der Waals surface area contributed by atoms with E-state index in [1.807, 2.05) is 49.4 Å². The fourth-order valence-electron chi connectivity index (χ4n) is 2.82. The number of hydrogen-bond acceptors (Lipinski definition) is 5. The lowest BCUT2D eigenvalue weighted by Crippen LogP contribution is -2.11. The molecule has 2 aromatic heterocycles. The molecule has 4 aromatic rings. The second-order valence-corrected chi connectivity index (χ2v) is 7.41. The van der Waals surface area contributed by atoms with Gasteiger partial charge in [0.25, 0.3) is 0 Å². The van der Waals surface area contributed by atoms with Gasteiger partial charge in [0.1, 0.15) is 5.82 Å². The number of nitrogens with zero attached hydrogens (tertiary/aromatic N) is 3. The summed E-state index contributed by atoms with van der Waals surface area (Å²) in [5.74, 6) is 1.44. The van der Waals surface area contributed by atoms with Gasteiger partial charge in [0.05, 0.1) is 15.2 Å². The highest BCUT2D eigenvalue weighted by molar-refractivity contribution is 7.18. The number of amides is 1. The second-order valence-electron chi connectivity index (χ2n) is 6.30. The number of benzene rings is 2. The quantitative estimate of drug-likeness (QED) is 0.523. The number of hydrogen-bond donors (Lipinski definition) is 2. The van der Waals surface area contributed by atoms with Crippen LogP contribution in [0.25, 0.3) is 21.6 Å². The first kappa shape index (κ1) is 17.4. The fourth-order valence-corrected chi connectivity index (χ4v) is 3.83. The smallest absolute Gasteiger partial charge is 0.224 e. The molecule has 7 heteroatoms. The van der Waals surface area contributed by atoms with Gasteiger partial charge in [-0.05, 0) is 56.2 Å². The van der Waals surface area contributed by atoms with Crippen LogP contribution in [0.3, 0.4) is 0 Å². The molecule has 0 spiro atoms. The third kappa shape index (κ3) is 4.20. The SMILES string of the molecule is Cc1nc(-c2ccc(NC(=O)CCCc3nc4ccccc4s3)cc2)n[nH]1. The molecule has 1 amide bonds. The number of aryl methyl sites for hydroxylation is 2. The van der Waals surface area contributed by atoms with Gasteiger partial charge >= 0.3 is 0 Å². The third-order valence-electron chi connectivity index (χ3n) is 4.16. The van der Waals surface area contributed by atoms with Gasteiger partial charge in [0.2, 0.25) is 5.91 Å². The van der Waals surface area contributed by atoms with Crippen LogP contribution >= 0.6 is 11.3 Å². The molecule has 0 radical (unpaired) electrons. The summed E-state index contributed by atoms with van der Waals surface area (Å²) in [4.78, 5) is 21.1. The van der Waals surface area contributed by atoms with Crippen LogP contribution in [0.5, 0.6) is 0 Å². The number of nitrogens with one attached hydrogen (secondary N) is 2. The predicted molar refractivity (Wildman–Crippen MR) is 108 cm³/mol. The molecule has 136 valence electrons. The Hall–Kier alpha value is -3.06. The van der Waals surface area contributed by atoms with Crippen LogP contribution in [-0.2, 0) is 11.2 Å². The Morgan fingerprint density at radius 1 is 1.11 bits per heavy atom. The molecule has 0 unspecified atom stereocenters. The Labute approximate surface area is 160 Å². The van der Waals surface area contributed by atoms with Crippen molar-refractivity contribution in [1.29, 1.82) is 0 Å². The first-order chi connectivity index (χ1) is 13.2. The molecule has 0 aliphatic rings. The Morgan fingerprint density at radius 3 is 2.67 bits per heavy atom. The molecule has 0 fully saturated rings. The Kier molecular flexibility index (Phi) is 4.93. The highest BCUT2D eigenvalue weighted by Crippen LogP contribution is 2.23. The molecule has 0 aliphatic heterocycles. The lowest BCUT2D eigenvalue weighted by molar-refractivity contribution is -0.116. The van der Waals surface area contributed by atoms with Gasteiger partial charge in [-0.3, -0.25) is 9.89 Å². The normalized spacial score (nSPS) is 11.0. The second kappa shape index (κ2) is 7.67. The molecular weight excluding hydrogens is 358 g/mol. The maximum Gasteiger partial charge on any atom is 0.224 e. The van der Waals surface area contributed by atoms with Crippen molar-refractivity contribution in [3.63, 3.8) is 0 Å². The van der Waals surface area contributed by atoms with Gasteiger partial charge in [-0.15, -0.1) is 11.3 Å². The number of rotatable bonds is 6. The topological polar surface area (TPSA) is 83.6 Å². The largest absolute Gasteiger partial charge is 0.326 e. The number of carbonyl (C=O) groups is 1. The van der Waals surface area contributed by atoms with E-state index in [0.29, 0.717) is 12.2 Å². The van der Waals surface area contributed by atoms with Crippen LogP contribution < -0.4 is 5.32 Å². The lowest BCUT2D eigenvalue weighted by atomic mass is 10.2. The molecule has 2 heterocycles. The van der Waals surface area contributed by atoms with Crippen LogP contribution in [0, 0.1) is 6.92 Å². The zero-order valence-corrected chi connectivity index (χ0v) is 15.7. The number of anilines is 1. The Bertz CT molecular complexity index is 1030. The number of H-pyrrole nitrogens is 1. The van der Waals surface area contributed by atoms with Gasteiger partial charge < -0.3 is 5.32 Å². The standard InChI is InChI=1S/C20H19N5OS/c1-13-21-20(25-24-13)14-9-11-15(12-10-14)22-18(26)7-4-8-19-23-16-5-2-3-6-17(16)27-19/h2-3,5-6,9-12H,4,7-8H2,1H3,(H,22,26)(H,21,24,25). The lowest BCUT2D eigenvalue weighted by Gasteiger charge is -2.05. The zero-order valence-electron chi connectivity index (χ0n) is 14.9. The van der Waals surface area contributed by atoms with Gasteiger partial charge in [-0.1, -0.05) is 12.1 Å². The summed E-state index contributed by atoms with van der Waals surface area (Å²) in [6, 6.07) is 15.6. The molecule has 6 nitrogen and oxygen atoms in total. The minimum absolute atomic E-state index is 0.0117. The molecule has 4 rings (SSSR count). The minimum Gasteiger partial charge on any atom is -0.326 e. The average molecular weight is 377 g/mol. The van der Waals surface area contributed by atoms with Crippen molar-refractivity contribution in [2.75, 3.05) is 5.32 Å². The van der Waals surface area contributed by atoms with Crippen molar-refractivity contribution in [2.24, 2.45) is 0 Å². The van der Waals surface area contributed by atoms with Crippen LogP contribution in [0.4, 0.5) is 5.69 Å². The summed E-state index contributed by atoms with van der Waals surface area (Å²) < 4.78 is 1.19. The number of aromatic nitrogens is 4. The fraction of sp³-hybridized carbons (Fsp3) is 0.200. The summed E-state index contributed by atoms with van der Waals surface area (Å²) in [5.41, 5.74) is 2.72. The van der Waals surface area contributed by atoms with Crippen molar-refractivity contribution in [1.82, 2.24) is 20.2 Å². The van der Waals surface area contributed by atoms with Crippen LogP contribution in [0.2, 0.25) is 0 Å². The zero-order chi connectivity index (χ0) is 18.6. The number of carbonyl (C=O) groups excluding carboxylic acids is 1. The summed E-state index contributed by atoms with van der Waals surface area (Å²) >= 11 is 1.70. The highest BCUT2D eigenvalue weighted by atomic mass is 32.1. The molecule has 27 heavy (non-hydrogen) atoms. The van der Waals surface area contributed by atoms with Gasteiger partial charge in [-0.25, -0.2) is 9.97 Å². The molecule has 0 saturated carbocycles. The van der Waals surface area contributed by atoms with E-state index in [-0.39, 0.29) is 5.91 Å². The molecule has 0 aliphatic carbocycles. The number of fused-ring (bicyclic) bond motifs is 1. The van der Waals surface area contributed by atoms with E-state index < -0.39 is 0 Å². The van der Waals surface area contributed by atoms with Crippen LogP contribution in [-0.4, -0.2) is 26.1 Å². The summed E-state index contributed by atoms with van der Waals surface area (Å²) in [6.45, 7) is 1.86. The predicted octanol–water partition coefficient (Wildman–Crippen LogP) is 4.35. The number of thiazole rings is 1. The van der Waals surface area contributed by atoms with E-state index in [9.17, 15) is 4.79 Å². The minimum atomic E-state index is 0.0117. The van der Waals surface area contributed by atoms with Gasteiger partial charge in [0, 0.05) is 17.7 Å². The first-order valence-corrected chi connectivity index (χ1v) is 9.63. The average Bonchev–Trinajstić information content (AvgIpc) is 3.28. The van der Waals surface area contributed by atoms with E-state index in [1.54, 1.807) is 11.3 Å². The summed E-state index contributed by atoms with van der Waals surface area (Å²) in [5, 5.41) is 11.0. The van der Waals surface area contributed by atoms with Crippen molar-refractivity contribution < 1.29 is 4.79 Å². The molecule has 0 saturated heterocycles. The summed E-state index contributed by atoms with van der Waals surface area (Å²) in [7, 11) is 0. The maximum atomic E-state index is 12.2. The monoisotopic (exact) mass is 377 g/mol. The van der Waals surface area contributed by atoms with E-state index in [1.165, 1.54) is 4.70 Å². The van der Waals surface area contributed by atoms with Crippen LogP contribution in [0.15, 0.2) is 48.5 Å². The molecule has 2 aromatic carbocycles. The van der Waals surface area contributed by atoms with Crippen molar-refractivity contribution in [3.05, 3.63) is 59.4 Å². The number of para-hydroxylation sites is 1. The van der Waals surface area contributed by atoms with Gasteiger partial charge in [0.15, 0.2) is 5.82 Å². The van der Waals surface area contributed by atoms with E-state index in [2.05, 4.69) is 31.5 Å². The van der Waals surface area contributed by atoms with Crippen molar-refractivity contribution in [3.8, 4) is 11.4 Å². The number of aromatic amines is 1. The highest BCUT2D eigenvalue weighted by Gasteiger charge is 2.07. The summed E-state index contributed by atoms with van der Waals surface area (Å²) in [6.07, 6.45) is 2.06. The van der Waals surface area contributed by atoms with E-state index in [0.717, 1.165) is 40.4 Å². The third-order valence-corrected chi connectivity index (χ3v) is 5.25. The molecule has 0 bridgehead atoms. The molecular formula is C20H19N5OS. The van der Waals surface area contributed by atoms with Gasteiger partial charge in [-0.2, -0.15) is 5.10 Å².